The van der Waals surface area contributed by atoms with E-state index in [9.17, 15) is 20.1 Å². The van der Waals surface area contributed by atoms with Crippen molar-refractivity contribution in [2.75, 3.05) is 0 Å². The molecule has 0 saturated carbocycles. The van der Waals surface area contributed by atoms with Gasteiger partial charge in [-0.05, 0) is 72.6 Å². The normalized spacial score (nSPS) is 13.6. The SMILES string of the molecule is CC(C)(C)c1cc(CC(C(=O)O)=C(Cc2cc(C(C)(C)C)c(O)c(C(C)(C)C)c2)c2ccccc2)cc(C(C)(C)C)c1O. The molecule has 4 nitrogen and oxygen atoms in total. The van der Waals surface area contributed by atoms with Crippen LogP contribution < -0.4 is 0 Å². The van der Waals surface area contributed by atoms with Gasteiger partial charge in [0, 0.05) is 12.0 Å². The third-order valence-corrected chi connectivity index (χ3v) is 8.08. The number of aliphatic carboxylic acids is 1. The maximum absolute atomic E-state index is 13.1. The van der Waals surface area contributed by atoms with E-state index in [4.69, 9.17) is 0 Å². The molecule has 3 aromatic carbocycles. The highest BCUT2D eigenvalue weighted by molar-refractivity contribution is 5.97. The smallest absolute Gasteiger partial charge is 0.332 e. The Balaban J connectivity index is 2.34. The number of carboxylic acids is 1. The molecule has 0 fully saturated rings. The molecule has 232 valence electrons. The highest BCUT2D eigenvalue weighted by Crippen LogP contribution is 2.42. The van der Waals surface area contributed by atoms with Crippen LogP contribution >= 0.6 is 0 Å². The van der Waals surface area contributed by atoms with Crippen LogP contribution in [0.1, 0.15) is 122 Å². The molecule has 0 aliphatic carbocycles. The maximum Gasteiger partial charge on any atom is 0.332 e. The van der Waals surface area contributed by atoms with Crippen molar-refractivity contribution < 1.29 is 20.1 Å². The first-order chi connectivity index (χ1) is 19.5. The second kappa shape index (κ2) is 11.9. The third-order valence-electron chi connectivity index (χ3n) is 8.08. The second-order valence-electron chi connectivity index (χ2n) is 16.1. The van der Waals surface area contributed by atoms with E-state index in [1.54, 1.807) is 0 Å². The van der Waals surface area contributed by atoms with Gasteiger partial charge in [0.25, 0.3) is 0 Å². The average molecular weight is 585 g/mol. The fourth-order valence-corrected chi connectivity index (χ4v) is 5.62. The van der Waals surface area contributed by atoms with Crippen LogP contribution in [0, 0.1) is 0 Å². The summed E-state index contributed by atoms with van der Waals surface area (Å²) >= 11 is 0. The zero-order chi connectivity index (χ0) is 32.7. The van der Waals surface area contributed by atoms with Crippen molar-refractivity contribution in [1.82, 2.24) is 0 Å². The van der Waals surface area contributed by atoms with Gasteiger partial charge in [0.05, 0.1) is 0 Å². The molecule has 0 bridgehead atoms. The molecule has 0 amide bonds. The van der Waals surface area contributed by atoms with Gasteiger partial charge in [0.15, 0.2) is 0 Å². The van der Waals surface area contributed by atoms with E-state index in [1.807, 2.05) is 54.6 Å². The van der Waals surface area contributed by atoms with Crippen LogP contribution in [0.25, 0.3) is 5.57 Å². The number of rotatable bonds is 6. The summed E-state index contributed by atoms with van der Waals surface area (Å²) in [6.45, 7) is 24.9. The number of phenols is 2. The molecule has 4 heteroatoms. The van der Waals surface area contributed by atoms with Crippen molar-refractivity contribution in [3.05, 3.63) is 99.1 Å². The Kier molecular flexibility index (Phi) is 9.37. The van der Waals surface area contributed by atoms with Crippen molar-refractivity contribution in [2.45, 2.75) is 118 Å². The fourth-order valence-electron chi connectivity index (χ4n) is 5.62. The van der Waals surface area contributed by atoms with Crippen LogP contribution in [-0.4, -0.2) is 21.3 Å². The van der Waals surface area contributed by atoms with E-state index >= 15 is 0 Å². The van der Waals surface area contributed by atoms with Crippen molar-refractivity contribution in [2.24, 2.45) is 0 Å². The van der Waals surface area contributed by atoms with E-state index in [0.29, 0.717) is 17.7 Å². The molecular weight excluding hydrogens is 532 g/mol. The van der Waals surface area contributed by atoms with Crippen LogP contribution in [0.15, 0.2) is 60.2 Å². The molecule has 0 spiro atoms. The van der Waals surface area contributed by atoms with Gasteiger partial charge >= 0.3 is 5.97 Å². The Morgan fingerprint density at radius 1 is 0.558 bits per heavy atom. The number of phenolic OH excluding ortho intramolecular Hbond substituents is 2. The summed E-state index contributed by atoms with van der Waals surface area (Å²) in [5.41, 5.74) is 5.79. The van der Waals surface area contributed by atoms with Gasteiger partial charge in [-0.3, -0.25) is 0 Å². The Morgan fingerprint density at radius 3 is 1.19 bits per heavy atom. The Hall–Kier alpha value is -3.53. The van der Waals surface area contributed by atoms with Crippen LogP contribution in [-0.2, 0) is 39.3 Å². The van der Waals surface area contributed by atoms with Crippen LogP contribution in [0.2, 0.25) is 0 Å². The number of carbonyl (C=O) groups is 1. The van der Waals surface area contributed by atoms with Crippen molar-refractivity contribution in [3.63, 3.8) is 0 Å². The number of allylic oxidation sites excluding steroid dienone is 1. The summed E-state index contributed by atoms with van der Waals surface area (Å²) in [4.78, 5) is 13.1. The summed E-state index contributed by atoms with van der Waals surface area (Å²) < 4.78 is 0. The molecule has 0 saturated heterocycles. The van der Waals surface area contributed by atoms with Crippen LogP contribution in [0.4, 0.5) is 0 Å². The lowest BCUT2D eigenvalue weighted by atomic mass is 9.77. The minimum atomic E-state index is -0.965. The largest absolute Gasteiger partial charge is 0.507 e. The van der Waals surface area contributed by atoms with E-state index in [2.05, 4.69) is 83.1 Å². The molecule has 0 aliphatic rings. The number of benzene rings is 3. The zero-order valence-electron chi connectivity index (χ0n) is 28.4. The summed E-state index contributed by atoms with van der Waals surface area (Å²) in [6.07, 6.45) is 0.608. The molecule has 0 aliphatic heterocycles. The first kappa shape index (κ1) is 34.0. The molecule has 0 atom stereocenters. The first-order valence-electron chi connectivity index (χ1n) is 15.3. The molecule has 0 heterocycles. The van der Waals surface area contributed by atoms with E-state index in [0.717, 1.165) is 44.5 Å². The lowest BCUT2D eigenvalue weighted by molar-refractivity contribution is -0.132. The van der Waals surface area contributed by atoms with Crippen LogP contribution in [0.5, 0.6) is 11.5 Å². The molecule has 3 aromatic rings. The first-order valence-corrected chi connectivity index (χ1v) is 15.3. The van der Waals surface area contributed by atoms with E-state index in [1.165, 1.54) is 0 Å². The molecule has 0 unspecified atom stereocenters. The zero-order valence-corrected chi connectivity index (χ0v) is 28.4. The minimum absolute atomic E-state index is 0.211. The fraction of sp³-hybridized carbons (Fsp3) is 0.462. The molecular formula is C39H52O4. The van der Waals surface area contributed by atoms with Gasteiger partial charge in [0.2, 0.25) is 0 Å². The monoisotopic (exact) mass is 584 g/mol. The third kappa shape index (κ3) is 7.90. The van der Waals surface area contributed by atoms with Gasteiger partial charge in [-0.15, -0.1) is 0 Å². The highest BCUT2D eigenvalue weighted by atomic mass is 16.4. The van der Waals surface area contributed by atoms with Crippen molar-refractivity contribution in [3.8, 4) is 11.5 Å². The van der Waals surface area contributed by atoms with E-state index in [-0.39, 0.29) is 33.8 Å². The molecule has 3 N–H and O–H groups in total. The van der Waals surface area contributed by atoms with E-state index < -0.39 is 5.97 Å². The summed E-state index contributed by atoms with van der Waals surface area (Å²) in [5, 5.41) is 33.3. The molecule has 0 aromatic heterocycles. The van der Waals surface area contributed by atoms with Crippen LogP contribution in [0.3, 0.4) is 0 Å². The predicted octanol–water partition coefficient (Wildman–Crippen LogP) is 9.61. The summed E-state index contributed by atoms with van der Waals surface area (Å²) in [6, 6.07) is 17.7. The molecule has 43 heavy (non-hydrogen) atoms. The van der Waals surface area contributed by atoms with Crippen molar-refractivity contribution in [1.29, 1.82) is 0 Å². The van der Waals surface area contributed by atoms with Gasteiger partial charge in [-0.25, -0.2) is 4.79 Å². The van der Waals surface area contributed by atoms with Gasteiger partial charge in [0.1, 0.15) is 11.5 Å². The topological polar surface area (TPSA) is 77.8 Å². The predicted molar refractivity (Wildman–Crippen MR) is 179 cm³/mol. The Bertz CT molecular complexity index is 1440. The summed E-state index contributed by atoms with van der Waals surface area (Å²) in [7, 11) is 0. The number of hydrogen-bond acceptors (Lipinski definition) is 3. The maximum atomic E-state index is 13.1. The quantitative estimate of drug-likeness (QED) is 0.252. The summed E-state index contributed by atoms with van der Waals surface area (Å²) in [5.74, 6) is -0.380. The number of carboxylic acid groups (broad SMARTS) is 1. The van der Waals surface area contributed by atoms with Gasteiger partial charge in [-0.1, -0.05) is 138 Å². The standard InChI is InChI=1S/C39H52O4/c1-36(2,3)29-20-24(21-30(33(29)40)37(4,5)6)18-27(26-16-14-13-15-17-26)28(35(42)43)19-25-22-31(38(7,8)9)34(41)32(23-25)39(10,11)12/h13-17,20-23,40-41H,18-19H2,1-12H3,(H,42,43). The lowest BCUT2D eigenvalue weighted by Crippen LogP contribution is -2.19. The van der Waals surface area contributed by atoms with Gasteiger partial charge < -0.3 is 15.3 Å². The number of hydrogen-bond donors (Lipinski definition) is 3. The van der Waals surface area contributed by atoms with Gasteiger partial charge in [-0.2, -0.15) is 0 Å². The average Bonchev–Trinajstić information content (AvgIpc) is 2.85. The second-order valence-corrected chi connectivity index (χ2v) is 16.1. The van der Waals surface area contributed by atoms with Crippen molar-refractivity contribution >= 4 is 11.5 Å². The highest BCUT2D eigenvalue weighted by Gasteiger charge is 2.29. The molecule has 0 radical (unpaired) electrons. The lowest BCUT2D eigenvalue weighted by Gasteiger charge is -2.29. The molecule has 3 rings (SSSR count). The Morgan fingerprint density at radius 2 is 0.884 bits per heavy atom. The minimum Gasteiger partial charge on any atom is -0.507 e. The Labute approximate surface area is 259 Å². The number of aromatic hydroxyl groups is 2.